The molecule has 3 N–H and O–H groups in total. The molecule has 4 bridgehead atoms. The molecule has 5 aliphatic rings. The Hall–Kier alpha value is -0.610. The van der Waals surface area contributed by atoms with Crippen LogP contribution in [-0.2, 0) is 4.79 Å². The number of nitrogens with two attached hydrogens (primary N) is 1. The van der Waals surface area contributed by atoms with Crippen LogP contribution < -0.4 is 11.1 Å². The van der Waals surface area contributed by atoms with Crippen molar-refractivity contribution < 1.29 is 4.79 Å². The van der Waals surface area contributed by atoms with Crippen molar-refractivity contribution in [3.05, 3.63) is 0 Å². The molecule has 19 heavy (non-hydrogen) atoms. The highest BCUT2D eigenvalue weighted by molar-refractivity contribution is 5.77. The van der Waals surface area contributed by atoms with Crippen LogP contribution in [0.1, 0.15) is 32.1 Å². The van der Waals surface area contributed by atoms with Crippen LogP contribution in [0, 0.1) is 23.7 Å². The fourth-order valence-electron chi connectivity index (χ4n) is 5.97. The molecular weight excluding hydrogens is 238 g/mol. The minimum atomic E-state index is -0.0238. The summed E-state index contributed by atoms with van der Waals surface area (Å²) in [6, 6.07) is 0. The van der Waals surface area contributed by atoms with Gasteiger partial charge in [0, 0.05) is 37.6 Å². The standard InChI is InChI=1S/C15H25N3O/c16-14(19)13-11-5-10-6-12(13)9-15(7-10,8-11)18-3-1-17-2-4-18/h10-13,17H,1-9H2,(H2,16,19). The van der Waals surface area contributed by atoms with Crippen molar-refractivity contribution in [3.63, 3.8) is 0 Å². The van der Waals surface area contributed by atoms with Crippen LogP contribution in [-0.4, -0.2) is 42.5 Å². The van der Waals surface area contributed by atoms with Crippen LogP contribution in [0.4, 0.5) is 0 Å². The van der Waals surface area contributed by atoms with E-state index in [1.54, 1.807) is 0 Å². The molecule has 4 heteroatoms. The zero-order chi connectivity index (χ0) is 13.0. The molecule has 1 aliphatic heterocycles. The van der Waals surface area contributed by atoms with Crippen LogP contribution >= 0.6 is 0 Å². The summed E-state index contributed by atoms with van der Waals surface area (Å²) in [4.78, 5) is 14.5. The van der Waals surface area contributed by atoms with E-state index in [0.717, 1.165) is 19.0 Å². The Bertz CT molecular complexity index is 375. The maximum atomic E-state index is 11.8. The smallest absolute Gasteiger partial charge is 0.221 e. The zero-order valence-electron chi connectivity index (χ0n) is 11.6. The summed E-state index contributed by atoms with van der Waals surface area (Å²) in [5.41, 5.74) is 6.10. The maximum absolute atomic E-state index is 11.8. The monoisotopic (exact) mass is 263 g/mol. The van der Waals surface area contributed by atoms with Crippen LogP contribution in [0.15, 0.2) is 0 Å². The lowest BCUT2D eigenvalue weighted by Gasteiger charge is -2.63. The second-order valence-electron chi connectivity index (χ2n) is 7.36. The van der Waals surface area contributed by atoms with Crippen molar-refractivity contribution in [2.75, 3.05) is 26.2 Å². The first-order valence-corrected chi connectivity index (χ1v) is 7.93. The fraction of sp³-hybridized carbons (Fsp3) is 0.933. The number of carbonyl (C=O) groups excluding carboxylic acids is 1. The first kappa shape index (κ1) is 12.2. The largest absolute Gasteiger partial charge is 0.369 e. The number of nitrogens with zero attached hydrogens (tertiary/aromatic N) is 1. The average Bonchev–Trinajstić information content (AvgIpc) is 2.38. The number of nitrogens with one attached hydrogen (secondary N) is 1. The number of rotatable bonds is 2. The number of amides is 1. The molecule has 0 aromatic heterocycles. The van der Waals surface area contributed by atoms with Crippen molar-refractivity contribution >= 4 is 5.91 Å². The van der Waals surface area contributed by atoms with Gasteiger partial charge in [-0.15, -0.1) is 0 Å². The van der Waals surface area contributed by atoms with Crippen molar-refractivity contribution in [3.8, 4) is 0 Å². The lowest BCUT2D eigenvalue weighted by molar-refractivity contribution is -0.149. The molecule has 1 amide bonds. The summed E-state index contributed by atoms with van der Waals surface area (Å²) in [5, 5.41) is 3.46. The second-order valence-corrected chi connectivity index (χ2v) is 7.36. The summed E-state index contributed by atoms with van der Waals surface area (Å²) in [5.74, 6) is 2.19. The minimum absolute atomic E-state index is 0.0238. The van der Waals surface area contributed by atoms with E-state index in [1.807, 2.05) is 0 Å². The molecule has 0 aromatic rings. The number of hydrogen-bond donors (Lipinski definition) is 2. The summed E-state index contributed by atoms with van der Waals surface area (Å²) in [6.45, 7) is 4.63. The third-order valence-electron chi connectivity index (χ3n) is 6.36. The molecule has 4 nitrogen and oxygen atoms in total. The third-order valence-corrected chi connectivity index (χ3v) is 6.36. The van der Waals surface area contributed by atoms with Gasteiger partial charge < -0.3 is 11.1 Å². The molecule has 2 unspecified atom stereocenters. The first-order chi connectivity index (χ1) is 9.18. The van der Waals surface area contributed by atoms with E-state index >= 15 is 0 Å². The van der Waals surface area contributed by atoms with Gasteiger partial charge in [-0.25, -0.2) is 0 Å². The van der Waals surface area contributed by atoms with E-state index < -0.39 is 0 Å². The van der Waals surface area contributed by atoms with Crippen molar-refractivity contribution in [2.45, 2.75) is 37.6 Å². The van der Waals surface area contributed by atoms with E-state index in [0.29, 0.717) is 17.4 Å². The van der Waals surface area contributed by atoms with Gasteiger partial charge in [0.05, 0.1) is 0 Å². The molecule has 5 rings (SSSR count). The minimum Gasteiger partial charge on any atom is -0.369 e. The molecule has 4 aliphatic carbocycles. The van der Waals surface area contributed by atoms with Gasteiger partial charge in [0.1, 0.15) is 0 Å². The van der Waals surface area contributed by atoms with Crippen molar-refractivity contribution in [1.82, 2.24) is 10.2 Å². The van der Waals surface area contributed by atoms with E-state index in [-0.39, 0.29) is 11.8 Å². The molecule has 0 aromatic carbocycles. The van der Waals surface area contributed by atoms with Crippen LogP contribution in [0.25, 0.3) is 0 Å². The molecule has 0 radical (unpaired) electrons. The van der Waals surface area contributed by atoms with Gasteiger partial charge in [0.2, 0.25) is 5.91 Å². The zero-order valence-corrected chi connectivity index (χ0v) is 11.6. The van der Waals surface area contributed by atoms with Gasteiger partial charge in [-0.3, -0.25) is 9.69 Å². The lowest BCUT2D eigenvalue weighted by atomic mass is 9.48. The molecule has 4 saturated carbocycles. The molecule has 2 atom stereocenters. The van der Waals surface area contributed by atoms with Crippen molar-refractivity contribution in [1.29, 1.82) is 0 Å². The Kier molecular flexibility index (Phi) is 2.68. The summed E-state index contributed by atoms with van der Waals surface area (Å²) in [6.07, 6.45) is 6.36. The van der Waals surface area contributed by atoms with Crippen molar-refractivity contribution in [2.24, 2.45) is 29.4 Å². The van der Waals surface area contributed by atoms with Gasteiger partial charge in [0.15, 0.2) is 0 Å². The second kappa shape index (κ2) is 4.19. The highest BCUT2D eigenvalue weighted by atomic mass is 16.1. The number of primary amides is 1. The predicted octanol–water partition coefficient (Wildman–Crippen LogP) is 0.572. The van der Waals surface area contributed by atoms with E-state index in [9.17, 15) is 4.79 Å². The molecule has 5 fully saturated rings. The Labute approximate surface area is 115 Å². The molecular formula is C15H25N3O. The molecule has 0 spiro atoms. The first-order valence-electron chi connectivity index (χ1n) is 7.93. The average molecular weight is 263 g/mol. The molecule has 1 saturated heterocycles. The quantitative estimate of drug-likeness (QED) is 0.766. The van der Waals surface area contributed by atoms with Gasteiger partial charge in [0.25, 0.3) is 0 Å². The van der Waals surface area contributed by atoms with E-state index in [4.69, 9.17) is 5.73 Å². The summed E-state index contributed by atoms with van der Waals surface area (Å²) >= 11 is 0. The SMILES string of the molecule is NC(=O)C1C2CC3CC1CC(N1CCNCC1)(C3)C2. The normalized spacial score (nSPS) is 49.5. The number of carbonyl (C=O) groups is 1. The lowest BCUT2D eigenvalue weighted by Crippen LogP contribution is -2.66. The number of piperazine rings is 1. The Morgan fingerprint density at radius 2 is 1.74 bits per heavy atom. The topological polar surface area (TPSA) is 58.4 Å². The Balaban J connectivity index is 1.61. The number of hydrogen-bond acceptors (Lipinski definition) is 3. The van der Waals surface area contributed by atoms with Gasteiger partial charge >= 0.3 is 0 Å². The molecule has 1 heterocycles. The fourth-order valence-corrected chi connectivity index (χ4v) is 5.97. The highest BCUT2D eigenvalue weighted by Crippen LogP contribution is 2.60. The molecule has 106 valence electrons. The third kappa shape index (κ3) is 1.76. The summed E-state index contributed by atoms with van der Waals surface area (Å²) in [7, 11) is 0. The Morgan fingerprint density at radius 1 is 1.11 bits per heavy atom. The summed E-state index contributed by atoms with van der Waals surface area (Å²) < 4.78 is 0. The van der Waals surface area contributed by atoms with Gasteiger partial charge in [-0.05, 0) is 49.9 Å². The van der Waals surface area contributed by atoms with Crippen LogP contribution in [0.2, 0.25) is 0 Å². The van der Waals surface area contributed by atoms with E-state index in [1.165, 1.54) is 45.2 Å². The van der Waals surface area contributed by atoms with Crippen LogP contribution in [0.3, 0.4) is 0 Å². The Morgan fingerprint density at radius 3 is 2.32 bits per heavy atom. The van der Waals surface area contributed by atoms with E-state index in [2.05, 4.69) is 10.2 Å². The van der Waals surface area contributed by atoms with Crippen LogP contribution in [0.5, 0.6) is 0 Å². The highest BCUT2D eigenvalue weighted by Gasteiger charge is 2.58. The van der Waals surface area contributed by atoms with Gasteiger partial charge in [-0.1, -0.05) is 0 Å². The predicted molar refractivity (Wildman–Crippen MR) is 73.4 cm³/mol. The van der Waals surface area contributed by atoms with Gasteiger partial charge in [-0.2, -0.15) is 0 Å². The maximum Gasteiger partial charge on any atom is 0.221 e.